The second-order valence-electron chi connectivity index (χ2n) is 7.18. The molecule has 0 bridgehead atoms. The number of fused-ring (bicyclic) bond motifs is 1. The molecule has 2 fully saturated rings. The lowest BCUT2D eigenvalue weighted by Crippen LogP contribution is -2.54. The van der Waals surface area contributed by atoms with Crippen molar-refractivity contribution in [3.05, 3.63) is 54.0 Å². The molecule has 2 aliphatic rings. The van der Waals surface area contributed by atoms with Crippen molar-refractivity contribution >= 4 is 23.5 Å². The molecule has 0 spiro atoms. The van der Waals surface area contributed by atoms with E-state index >= 15 is 0 Å². The number of nitrogens with one attached hydrogen (secondary N) is 1. The van der Waals surface area contributed by atoms with Crippen molar-refractivity contribution in [1.82, 2.24) is 5.32 Å². The molecule has 140 valence electrons. The Morgan fingerprint density at radius 2 is 1.89 bits per heavy atom. The van der Waals surface area contributed by atoms with Gasteiger partial charge in [-0.1, -0.05) is 17.7 Å². The molecule has 1 aromatic carbocycles. The van der Waals surface area contributed by atoms with Gasteiger partial charge in [0.25, 0.3) is 0 Å². The number of carbonyl (C=O) groups is 3. The third-order valence-corrected chi connectivity index (χ3v) is 5.54. The second kappa shape index (κ2) is 6.06. The fourth-order valence-electron chi connectivity index (χ4n) is 4.20. The number of nitrogens with zero attached hydrogens (tertiary/aromatic N) is 1. The number of amides is 2. The number of imide groups is 1. The number of aryl methyl sites for hydroxylation is 1. The van der Waals surface area contributed by atoms with E-state index in [1.54, 1.807) is 31.2 Å². The van der Waals surface area contributed by atoms with Crippen LogP contribution in [0.4, 0.5) is 5.69 Å². The Morgan fingerprint density at radius 1 is 1.19 bits per heavy atom. The fourth-order valence-corrected chi connectivity index (χ4v) is 4.20. The zero-order valence-electron chi connectivity index (χ0n) is 15.3. The van der Waals surface area contributed by atoms with E-state index in [1.807, 2.05) is 19.1 Å². The van der Waals surface area contributed by atoms with Gasteiger partial charge in [-0.15, -0.1) is 0 Å². The Hall–Kier alpha value is -2.93. The number of hydrogen-bond acceptors (Lipinski definition) is 6. The lowest BCUT2D eigenvalue weighted by Gasteiger charge is -2.28. The number of benzene rings is 1. The Kier molecular flexibility index (Phi) is 3.92. The quantitative estimate of drug-likeness (QED) is 0.658. The SMILES string of the molecule is COC(=O)[C@]1(C)N[C@@H](c2ccco2)[C@@H]2C(=O)N(c3ccc(C)cc3)C(=O)[C@H]21. The molecule has 1 N–H and O–H groups in total. The second-order valence-corrected chi connectivity index (χ2v) is 7.18. The Balaban J connectivity index is 1.81. The van der Waals surface area contributed by atoms with Crippen molar-refractivity contribution in [3.8, 4) is 0 Å². The minimum Gasteiger partial charge on any atom is -0.468 e. The highest BCUT2D eigenvalue weighted by molar-refractivity contribution is 6.24. The van der Waals surface area contributed by atoms with E-state index in [0.717, 1.165) is 5.56 Å². The smallest absolute Gasteiger partial charge is 0.326 e. The van der Waals surface area contributed by atoms with E-state index in [-0.39, 0.29) is 5.91 Å². The molecule has 27 heavy (non-hydrogen) atoms. The normalized spacial score (nSPS) is 29.9. The Labute approximate surface area is 156 Å². The maximum Gasteiger partial charge on any atom is 0.326 e. The molecule has 4 rings (SSSR count). The number of anilines is 1. The standard InChI is InChI=1S/C20H20N2O5/c1-11-6-8-12(9-7-11)22-17(23)14-15(18(22)24)20(2,19(25)26-3)21-16(14)13-5-4-10-27-13/h4-10,14-16,21H,1-3H3/t14-,15+,16+,20-/m1/s1. The molecule has 7 heteroatoms. The third kappa shape index (κ3) is 2.42. The van der Waals surface area contributed by atoms with Crippen LogP contribution in [0.25, 0.3) is 0 Å². The summed E-state index contributed by atoms with van der Waals surface area (Å²) in [6, 6.07) is 9.98. The summed E-state index contributed by atoms with van der Waals surface area (Å²) in [7, 11) is 1.27. The molecule has 0 saturated carbocycles. The van der Waals surface area contributed by atoms with E-state index in [0.29, 0.717) is 11.4 Å². The summed E-state index contributed by atoms with van der Waals surface area (Å²) in [5, 5.41) is 3.13. The molecule has 1 aromatic heterocycles. The van der Waals surface area contributed by atoms with Gasteiger partial charge in [0.2, 0.25) is 11.8 Å². The summed E-state index contributed by atoms with van der Waals surface area (Å²) in [5.41, 5.74) is 0.186. The first kappa shape index (κ1) is 17.5. The van der Waals surface area contributed by atoms with Gasteiger partial charge in [-0.3, -0.25) is 19.7 Å². The van der Waals surface area contributed by atoms with Gasteiger partial charge in [-0.05, 0) is 38.1 Å². The summed E-state index contributed by atoms with van der Waals surface area (Å²) in [5.74, 6) is -2.48. The molecule has 4 atom stereocenters. The zero-order chi connectivity index (χ0) is 19.3. The van der Waals surface area contributed by atoms with Crippen molar-refractivity contribution in [2.75, 3.05) is 12.0 Å². The van der Waals surface area contributed by atoms with Crippen molar-refractivity contribution in [3.63, 3.8) is 0 Å². The molecular formula is C20H20N2O5. The van der Waals surface area contributed by atoms with Gasteiger partial charge in [0.1, 0.15) is 11.3 Å². The van der Waals surface area contributed by atoms with Gasteiger partial charge in [0.05, 0.1) is 36.9 Å². The first-order valence-corrected chi connectivity index (χ1v) is 8.72. The topological polar surface area (TPSA) is 88.8 Å². The fraction of sp³-hybridized carbons (Fsp3) is 0.350. The van der Waals surface area contributed by atoms with Crippen molar-refractivity contribution in [1.29, 1.82) is 0 Å². The van der Waals surface area contributed by atoms with Crippen LogP contribution in [0.5, 0.6) is 0 Å². The largest absolute Gasteiger partial charge is 0.468 e. The molecule has 2 aliphatic heterocycles. The van der Waals surface area contributed by atoms with E-state index < -0.39 is 35.3 Å². The molecule has 0 aliphatic carbocycles. The van der Waals surface area contributed by atoms with Crippen LogP contribution in [0, 0.1) is 18.8 Å². The van der Waals surface area contributed by atoms with Crippen LogP contribution < -0.4 is 10.2 Å². The van der Waals surface area contributed by atoms with Crippen LogP contribution in [-0.4, -0.2) is 30.4 Å². The van der Waals surface area contributed by atoms with Crippen molar-refractivity contribution in [2.45, 2.75) is 25.4 Å². The van der Waals surface area contributed by atoms with Crippen LogP contribution in [0.3, 0.4) is 0 Å². The first-order chi connectivity index (χ1) is 12.9. The molecule has 2 aromatic rings. The van der Waals surface area contributed by atoms with Gasteiger partial charge in [0.15, 0.2) is 0 Å². The van der Waals surface area contributed by atoms with Gasteiger partial charge >= 0.3 is 5.97 Å². The van der Waals surface area contributed by atoms with Gasteiger partial charge in [-0.25, -0.2) is 4.90 Å². The van der Waals surface area contributed by atoms with Gasteiger partial charge in [-0.2, -0.15) is 0 Å². The number of methoxy groups -OCH3 is 1. The highest BCUT2D eigenvalue weighted by Gasteiger charge is 2.67. The molecule has 2 amide bonds. The first-order valence-electron chi connectivity index (χ1n) is 8.72. The molecule has 2 saturated heterocycles. The molecule has 0 unspecified atom stereocenters. The molecular weight excluding hydrogens is 348 g/mol. The van der Waals surface area contributed by atoms with Crippen LogP contribution in [-0.2, 0) is 19.1 Å². The maximum atomic E-state index is 13.3. The Morgan fingerprint density at radius 3 is 2.48 bits per heavy atom. The number of ether oxygens (including phenoxy) is 1. The maximum absolute atomic E-state index is 13.3. The molecule has 3 heterocycles. The molecule has 0 radical (unpaired) electrons. The van der Waals surface area contributed by atoms with Crippen LogP contribution in [0.2, 0.25) is 0 Å². The molecule has 7 nitrogen and oxygen atoms in total. The van der Waals surface area contributed by atoms with E-state index in [1.165, 1.54) is 18.3 Å². The Bertz CT molecular complexity index is 905. The number of rotatable bonds is 3. The predicted octanol–water partition coefficient (Wildman–Crippen LogP) is 1.97. The summed E-state index contributed by atoms with van der Waals surface area (Å²) < 4.78 is 10.4. The average Bonchev–Trinajstić information content (AvgIpc) is 3.34. The lowest BCUT2D eigenvalue weighted by molar-refractivity contribution is -0.151. The number of hydrogen-bond donors (Lipinski definition) is 1. The number of furan rings is 1. The highest BCUT2D eigenvalue weighted by atomic mass is 16.5. The zero-order valence-corrected chi connectivity index (χ0v) is 15.3. The van der Waals surface area contributed by atoms with E-state index in [4.69, 9.17) is 9.15 Å². The minimum atomic E-state index is -1.33. The van der Waals surface area contributed by atoms with Gasteiger partial charge < -0.3 is 9.15 Å². The lowest BCUT2D eigenvalue weighted by atomic mass is 9.81. The summed E-state index contributed by atoms with van der Waals surface area (Å²) >= 11 is 0. The monoisotopic (exact) mass is 368 g/mol. The number of esters is 1. The van der Waals surface area contributed by atoms with Crippen LogP contribution in [0.15, 0.2) is 47.1 Å². The highest BCUT2D eigenvalue weighted by Crippen LogP contribution is 2.49. The van der Waals surface area contributed by atoms with Crippen LogP contribution >= 0.6 is 0 Å². The minimum absolute atomic E-state index is 0.351. The van der Waals surface area contributed by atoms with Crippen LogP contribution in [0.1, 0.15) is 24.3 Å². The van der Waals surface area contributed by atoms with Gasteiger partial charge in [0, 0.05) is 0 Å². The predicted molar refractivity (Wildman–Crippen MR) is 95.7 cm³/mol. The van der Waals surface area contributed by atoms with Crippen molar-refractivity contribution < 1.29 is 23.5 Å². The summed E-state index contributed by atoms with van der Waals surface area (Å²) in [6.07, 6.45) is 1.50. The third-order valence-electron chi connectivity index (χ3n) is 5.54. The van der Waals surface area contributed by atoms with E-state index in [2.05, 4.69) is 5.32 Å². The summed E-state index contributed by atoms with van der Waals surface area (Å²) in [6.45, 7) is 3.53. The van der Waals surface area contributed by atoms with E-state index in [9.17, 15) is 14.4 Å². The van der Waals surface area contributed by atoms with Crippen molar-refractivity contribution in [2.24, 2.45) is 11.8 Å². The summed E-state index contributed by atoms with van der Waals surface area (Å²) in [4.78, 5) is 40.2. The average molecular weight is 368 g/mol. The number of carbonyl (C=O) groups excluding carboxylic acids is 3.